The Hall–Kier alpha value is -2.82. The van der Waals surface area contributed by atoms with Crippen LogP contribution in [0.1, 0.15) is 54.4 Å². The quantitative estimate of drug-likeness (QED) is 0.245. The number of nitrogens with one attached hydrogen (secondary N) is 1. The summed E-state index contributed by atoms with van der Waals surface area (Å²) in [5.41, 5.74) is 6.89. The molecule has 34 heavy (non-hydrogen) atoms. The van der Waals surface area contributed by atoms with E-state index in [1.165, 1.54) is 7.11 Å². The zero-order chi connectivity index (χ0) is 24.4. The maximum absolute atomic E-state index is 11.6. The molecule has 0 amide bonds. The smallest absolute Gasteiger partial charge is 0.337 e. The summed E-state index contributed by atoms with van der Waals surface area (Å²) < 4.78 is 21.4. The molecule has 0 aliphatic rings. The summed E-state index contributed by atoms with van der Waals surface area (Å²) in [6.07, 6.45) is 4.18. The zero-order valence-electron chi connectivity index (χ0n) is 20.3. The van der Waals surface area contributed by atoms with Crippen LogP contribution in [-0.4, -0.2) is 74.2 Å². The van der Waals surface area contributed by atoms with Crippen molar-refractivity contribution in [2.75, 3.05) is 58.6 Å². The molecule has 1 heterocycles. The van der Waals surface area contributed by atoms with E-state index in [4.69, 9.17) is 24.7 Å². The molecule has 0 saturated carbocycles. The first-order valence-corrected chi connectivity index (χ1v) is 11.8. The highest BCUT2D eigenvalue weighted by Crippen LogP contribution is 2.13. The number of rotatable bonds is 18. The van der Waals surface area contributed by atoms with Crippen LogP contribution in [0.3, 0.4) is 0 Å². The first-order valence-electron chi connectivity index (χ1n) is 11.8. The molecule has 0 fully saturated rings. The minimum atomic E-state index is -0.367. The molecular weight excluding hydrogens is 438 g/mol. The van der Waals surface area contributed by atoms with Gasteiger partial charge in [-0.1, -0.05) is 12.1 Å². The molecule has 0 spiro atoms. The number of ether oxygens (including phenoxy) is 4. The molecule has 0 aliphatic heterocycles. The van der Waals surface area contributed by atoms with E-state index in [0.29, 0.717) is 50.1 Å². The van der Waals surface area contributed by atoms with E-state index in [0.717, 1.165) is 51.1 Å². The van der Waals surface area contributed by atoms with Crippen molar-refractivity contribution in [1.29, 1.82) is 0 Å². The third kappa shape index (κ3) is 10.9. The topological polar surface area (TPSA) is 131 Å². The molecule has 0 radical (unpaired) electrons. The number of unbranched alkanes of at least 4 members (excludes halogenated alkanes) is 1. The summed E-state index contributed by atoms with van der Waals surface area (Å²) in [6, 6.07) is 7.44. The number of esters is 1. The maximum Gasteiger partial charge on any atom is 0.337 e. The first-order chi connectivity index (χ1) is 16.7. The molecule has 0 unspecified atom stereocenters. The second-order valence-electron chi connectivity index (χ2n) is 7.51. The highest BCUT2D eigenvalue weighted by Gasteiger charge is 2.10. The van der Waals surface area contributed by atoms with E-state index in [-0.39, 0.29) is 12.0 Å². The fourth-order valence-electron chi connectivity index (χ4n) is 2.98. The number of aromatic nitrogens is 3. The molecule has 0 saturated heterocycles. The van der Waals surface area contributed by atoms with Gasteiger partial charge in [-0.25, -0.2) is 4.79 Å². The van der Waals surface area contributed by atoms with E-state index in [2.05, 4.69) is 20.3 Å². The number of anilines is 1. The van der Waals surface area contributed by atoms with Crippen molar-refractivity contribution in [3.8, 4) is 6.01 Å². The lowest BCUT2D eigenvalue weighted by Crippen LogP contribution is -2.12. The Bertz CT molecular complexity index is 835. The summed E-state index contributed by atoms with van der Waals surface area (Å²) in [4.78, 5) is 24.8. The van der Waals surface area contributed by atoms with Gasteiger partial charge in [0.1, 0.15) is 5.82 Å². The molecule has 0 aliphatic carbocycles. The van der Waals surface area contributed by atoms with Gasteiger partial charge < -0.3 is 30.0 Å². The summed E-state index contributed by atoms with van der Waals surface area (Å²) in [7, 11) is 1.36. The number of hydrogen-bond donors (Lipinski definition) is 2. The van der Waals surface area contributed by atoms with Crippen molar-refractivity contribution in [3.63, 3.8) is 0 Å². The lowest BCUT2D eigenvalue weighted by atomic mass is 10.1. The summed E-state index contributed by atoms with van der Waals surface area (Å²) in [6.45, 7) is 6.55. The minimum Gasteiger partial charge on any atom is -0.465 e. The van der Waals surface area contributed by atoms with E-state index < -0.39 is 0 Å². The fourth-order valence-corrected chi connectivity index (χ4v) is 2.98. The Balaban J connectivity index is 1.75. The van der Waals surface area contributed by atoms with Gasteiger partial charge in [0.05, 0.1) is 19.3 Å². The predicted octanol–water partition coefficient (Wildman–Crippen LogP) is 2.61. The predicted molar refractivity (Wildman–Crippen MR) is 129 cm³/mol. The van der Waals surface area contributed by atoms with Crippen molar-refractivity contribution >= 4 is 11.9 Å². The molecular formula is C24H37N5O5. The normalized spacial score (nSPS) is 10.8. The van der Waals surface area contributed by atoms with Gasteiger partial charge in [0.25, 0.3) is 0 Å². The van der Waals surface area contributed by atoms with Crippen molar-refractivity contribution in [2.45, 2.75) is 39.0 Å². The van der Waals surface area contributed by atoms with Crippen LogP contribution in [0.15, 0.2) is 24.3 Å². The number of carbonyl (C=O) groups is 1. The van der Waals surface area contributed by atoms with Crippen molar-refractivity contribution in [3.05, 3.63) is 41.2 Å². The molecule has 0 atom stereocenters. The number of benzene rings is 1. The van der Waals surface area contributed by atoms with Crippen LogP contribution < -0.4 is 15.8 Å². The highest BCUT2D eigenvalue weighted by atomic mass is 16.5. The van der Waals surface area contributed by atoms with Crippen LogP contribution in [0.2, 0.25) is 0 Å². The van der Waals surface area contributed by atoms with Gasteiger partial charge in [-0.15, -0.1) is 0 Å². The van der Waals surface area contributed by atoms with Crippen LogP contribution in [0.4, 0.5) is 5.95 Å². The number of nitrogens with zero attached hydrogens (tertiary/aromatic N) is 3. The molecule has 3 N–H and O–H groups in total. The Labute approximate surface area is 201 Å². The molecule has 10 nitrogen and oxygen atoms in total. The van der Waals surface area contributed by atoms with Gasteiger partial charge in [0.15, 0.2) is 0 Å². The summed E-state index contributed by atoms with van der Waals surface area (Å²) >= 11 is 0. The standard InChI is InChI=1S/C24H37N5O5/c1-3-34-24-28-21(18-19-8-10-20(11-9-19)22(30)31-2)27-23(29-24)26-13-7-17-33-15-5-4-14-32-16-6-12-25/h8-11H,3-7,12-18,25H2,1-2H3,(H,26,27,28,29). The van der Waals surface area contributed by atoms with Crippen LogP contribution in [-0.2, 0) is 20.6 Å². The number of nitrogens with two attached hydrogens (primary N) is 1. The Morgan fingerprint density at radius 2 is 1.62 bits per heavy atom. The average molecular weight is 476 g/mol. The van der Waals surface area contributed by atoms with E-state index in [1.54, 1.807) is 12.1 Å². The molecule has 188 valence electrons. The van der Waals surface area contributed by atoms with Gasteiger partial charge in [-0.3, -0.25) is 0 Å². The third-order valence-corrected chi connectivity index (χ3v) is 4.74. The molecule has 2 rings (SSSR count). The minimum absolute atomic E-state index is 0.283. The zero-order valence-corrected chi connectivity index (χ0v) is 20.3. The lowest BCUT2D eigenvalue weighted by molar-refractivity contribution is 0.0600. The van der Waals surface area contributed by atoms with E-state index in [9.17, 15) is 4.79 Å². The largest absolute Gasteiger partial charge is 0.465 e. The number of carbonyl (C=O) groups excluding carboxylic acids is 1. The van der Waals surface area contributed by atoms with Gasteiger partial charge in [-0.2, -0.15) is 15.0 Å². The van der Waals surface area contributed by atoms with Gasteiger partial charge in [-0.05, 0) is 56.8 Å². The van der Waals surface area contributed by atoms with Gasteiger partial charge in [0.2, 0.25) is 5.95 Å². The average Bonchev–Trinajstić information content (AvgIpc) is 2.85. The molecule has 1 aromatic carbocycles. The van der Waals surface area contributed by atoms with Gasteiger partial charge in [0, 0.05) is 39.4 Å². The van der Waals surface area contributed by atoms with Gasteiger partial charge >= 0.3 is 12.0 Å². The second-order valence-corrected chi connectivity index (χ2v) is 7.51. The van der Waals surface area contributed by atoms with Crippen LogP contribution >= 0.6 is 0 Å². The van der Waals surface area contributed by atoms with E-state index in [1.807, 2.05) is 19.1 Å². The van der Waals surface area contributed by atoms with Crippen molar-refractivity contribution in [2.24, 2.45) is 5.73 Å². The number of hydrogen-bond acceptors (Lipinski definition) is 10. The van der Waals surface area contributed by atoms with Crippen LogP contribution in [0.25, 0.3) is 0 Å². The molecule has 2 aromatic rings. The Morgan fingerprint density at radius 1 is 0.941 bits per heavy atom. The lowest BCUT2D eigenvalue weighted by Gasteiger charge is -2.10. The molecule has 1 aromatic heterocycles. The first kappa shape index (κ1) is 27.4. The number of methoxy groups -OCH3 is 1. The second kappa shape index (κ2) is 16.7. The third-order valence-electron chi connectivity index (χ3n) is 4.74. The summed E-state index contributed by atoms with van der Waals surface area (Å²) in [5, 5.41) is 3.22. The molecule has 10 heteroatoms. The van der Waals surface area contributed by atoms with Crippen LogP contribution in [0, 0.1) is 0 Å². The fraction of sp³-hybridized carbons (Fsp3) is 0.583. The monoisotopic (exact) mass is 475 g/mol. The van der Waals surface area contributed by atoms with Crippen molar-refractivity contribution in [1.82, 2.24) is 15.0 Å². The van der Waals surface area contributed by atoms with Crippen molar-refractivity contribution < 1.29 is 23.7 Å². The highest BCUT2D eigenvalue weighted by molar-refractivity contribution is 5.89. The Morgan fingerprint density at radius 3 is 2.26 bits per heavy atom. The maximum atomic E-state index is 11.6. The van der Waals surface area contributed by atoms with Crippen LogP contribution in [0.5, 0.6) is 6.01 Å². The SMILES string of the molecule is CCOc1nc(Cc2ccc(C(=O)OC)cc2)nc(NCCCOCCCCOCCCN)n1. The van der Waals surface area contributed by atoms with E-state index >= 15 is 0 Å². The molecule has 0 bridgehead atoms. The summed E-state index contributed by atoms with van der Waals surface area (Å²) in [5.74, 6) is 0.680. The Kier molecular flexibility index (Phi) is 13.5.